The lowest BCUT2D eigenvalue weighted by Crippen LogP contribution is -2.38. The first-order valence-electron chi connectivity index (χ1n) is 13.3. The van der Waals surface area contributed by atoms with E-state index in [0.29, 0.717) is 12.0 Å². The number of rotatable bonds is 8. The number of carbonyl (C=O) groups excluding carboxylic acids is 1. The number of ketones is 1. The Labute approximate surface area is 219 Å². The molecule has 0 fully saturated rings. The van der Waals surface area contributed by atoms with Crippen molar-refractivity contribution >= 4 is 11.6 Å². The Hall–Kier alpha value is -3.67. The molecule has 0 bridgehead atoms. The summed E-state index contributed by atoms with van der Waals surface area (Å²) in [5.74, 6) is 0.927. The summed E-state index contributed by atoms with van der Waals surface area (Å²) in [5.41, 5.74) is 4.40. The second-order valence-electron chi connectivity index (χ2n) is 10.9. The zero-order valence-corrected chi connectivity index (χ0v) is 22.5. The van der Waals surface area contributed by atoms with E-state index in [1.807, 2.05) is 33.6 Å². The van der Waals surface area contributed by atoms with Gasteiger partial charge in [-0.25, -0.2) is 9.36 Å². The number of nitrogens with one attached hydrogen (secondary N) is 1. The van der Waals surface area contributed by atoms with Crippen LogP contribution in [-0.2, 0) is 11.0 Å². The third-order valence-electron chi connectivity index (χ3n) is 8.14. The molecule has 3 heterocycles. The molecule has 4 aromatic rings. The summed E-state index contributed by atoms with van der Waals surface area (Å²) in [6, 6.07) is 22.9. The quantitative estimate of drug-likeness (QED) is 0.267. The van der Waals surface area contributed by atoms with Gasteiger partial charge in [-0.3, -0.25) is 4.79 Å². The van der Waals surface area contributed by atoms with Gasteiger partial charge in [-0.2, -0.15) is 10.2 Å². The SMILES string of the molecule is CCC(CC)(CC(=O)c1cnn2c1NC(c1ccccc1)CC2(C)C)c1cc(C)n(-c2ccccc2)n1. The number of anilines is 1. The van der Waals surface area contributed by atoms with Crippen LogP contribution in [0.15, 0.2) is 72.9 Å². The van der Waals surface area contributed by atoms with Crippen LogP contribution in [0, 0.1) is 6.92 Å². The van der Waals surface area contributed by atoms with Gasteiger partial charge in [0, 0.05) is 17.5 Å². The molecule has 2 aromatic carbocycles. The van der Waals surface area contributed by atoms with Gasteiger partial charge in [0.1, 0.15) is 5.82 Å². The van der Waals surface area contributed by atoms with E-state index in [2.05, 4.69) is 87.5 Å². The number of nitrogens with zero attached hydrogens (tertiary/aromatic N) is 4. The molecule has 1 aliphatic heterocycles. The summed E-state index contributed by atoms with van der Waals surface area (Å²) in [5, 5.41) is 13.4. The van der Waals surface area contributed by atoms with Crippen molar-refractivity contribution in [2.75, 3.05) is 5.32 Å². The molecule has 0 aliphatic carbocycles. The number of aromatic nitrogens is 4. The number of fused-ring (bicyclic) bond motifs is 1. The summed E-state index contributed by atoms with van der Waals surface area (Å²) >= 11 is 0. The van der Waals surface area contributed by atoms with Crippen LogP contribution in [0.4, 0.5) is 5.82 Å². The lowest BCUT2D eigenvalue weighted by atomic mass is 9.74. The molecule has 37 heavy (non-hydrogen) atoms. The lowest BCUT2D eigenvalue weighted by Gasteiger charge is -2.38. The Kier molecular flexibility index (Phi) is 6.52. The van der Waals surface area contributed by atoms with Gasteiger partial charge in [0.2, 0.25) is 0 Å². The Morgan fingerprint density at radius 2 is 1.70 bits per heavy atom. The van der Waals surface area contributed by atoms with Crippen LogP contribution in [0.2, 0.25) is 0 Å². The molecule has 1 N–H and O–H groups in total. The van der Waals surface area contributed by atoms with Gasteiger partial charge in [0.05, 0.1) is 34.7 Å². The number of para-hydroxylation sites is 1. The Morgan fingerprint density at radius 1 is 1.05 bits per heavy atom. The monoisotopic (exact) mass is 495 g/mol. The molecule has 0 amide bonds. The van der Waals surface area contributed by atoms with E-state index in [1.165, 1.54) is 5.56 Å². The van der Waals surface area contributed by atoms with E-state index in [9.17, 15) is 4.79 Å². The fraction of sp³-hybridized carbons (Fsp3) is 0.387. The zero-order valence-electron chi connectivity index (χ0n) is 22.5. The van der Waals surface area contributed by atoms with Crippen molar-refractivity contribution in [3.8, 4) is 5.69 Å². The van der Waals surface area contributed by atoms with Crippen molar-refractivity contribution in [3.05, 3.63) is 95.4 Å². The second kappa shape index (κ2) is 9.66. The molecule has 6 nitrogen and oxygen atoms in total. The summed E-state index contributed by atoms with van der Waals surface area (Å²) in [6.07, 6.45) is 4.69. The highest BCUT2D eigenvalue weighted by molar-refractivity contribution is 6.01. The smallest absolute Gasteiger partial charge is 0.169 e. The third-order valence-corrected chi connectivity index (χ3v) is 8.14. The van der Waals surface area contributed by atoms with Gasteiger partial charge >= 0.3 is 0 Å². The van der Waals surface area contributed by atoms with E-state index in [4.69, 9.17) is 5.10 Å². The van der Waals surface area contributed by atoms with Gasteiger partial charge in [0.15, 0.2) is 5.78 Å². The number of benzene rings is 2. The normalized spacial score (nSPS) is 16.7. The maximum absolute atomic E-state index is 14.0. The molecule has 2 aromatic heterocycles. The van der Waals surface area contributed by atoms with Crippen molar-refractivity contribution in [1.29, 1.82) is 0 Å². The lowest BCUT2D eigenvalue weighted by molar-refractivity contribution is 0.0942. The summed E-state index contributed by atoms with van der Waals surface area (Å²) < 4.78 is 3.98. The van der Waals surface area contributed by atoms with Crippen LogP contribution in [0.3, 0.4) is 0 Å². The van der Waals surface area contributed by atoms with Crippen LogP contribution in [-0.4, -0.2) is 25.3 Å². The highest BCUT2D eigenvalue weighted by Crippen LogP contribution is 2.42. The van der Waals surface area contributed by atoms with Gasteiger partial charge in [0.25, 0.3) is 0 Å². The minimum absolute atomic E-state index is 0.105. The molecule has 192 valence electrons. The van der Waals surface area contributed by atoms with Crippen molar-refractivity contribution in [2.45, 2.75) is 77.3 Å². The molecule has 1 unspecified atom stereocenters. The topological polar surface area (TPSA) is 64.7 Å². The van der Waals surface area contributed by atoms with E-state index >= 15 is 0 Å². The number of Topliss-reactive ketones (excluding diaryl/α,β-unsaturated/α-hetero) is 1. The van der Waals surface area contributed by atoms with Gasteiger partial charge in [-0.05, 0) is 63.8 Å². The van der Waals surface area contributed by atoms with E-state index in [0.717, 1.165) is 42.2 Å². The fourth-order valence-corrected chi connectivity index (χ4v) is 5.76. The molecule has 0 spiro atoms. The van der Waals surface area contributed by atoms with Crippen LogP contribution >= 0.6 is 0 Å². The Balaban J connectivity index is 1.47. The minimum atomic E-state index is -0.348. The average molecular weight is 496 g/mol. The number of hydrogen-bond acceptors (Lipinski definition) is 4. The molecule has 1 atom stereocenters. The number of carbonyl (C=O) groups is 1. The van der Waals surface area contributed by atoms with Gasteiger partial charge < -0.3 is 5.32 Å². The summed E-state index contributed by atoms with van der Waals surface area (Å²) in [6.45, 7) is 10.8. The predicted molar refractivity (Wildman–Crippen MR) is 148 cm³/mol. The third kappa shape index (κ3) is 4.50. The molecule has 1 aliphatic rings. The van der Waals surface area contributed by atoms with Crippen molar-refractivity contribution < 1.29 is 4.79 Å². The molecule has 0 saturated carbocycles. The molecule has 6 heteroatoms. The van der Waals surface area contributed by atoms with Crippen LogP contribution in [0.25, 0.3) is 5.69 Å². The van der Waals surface area contributed by atoms with Crippen LogP contribution in [0.5, 0.6) is 0 Å². The predicted octanol–water partition coefficient (Wildman–Crippen LogP) is 7.00. The standard InChI is InChI=1S/C31H37N5O/c1-6-31(7-2,28-18-22(3)35(34-28)24-16-12-9-13-17-24)20-27(37)25-21-32-36-29(25)33-26(19-30(36,4)5)23-14-10-8-11-15-23/h8-18,21,26,33H,6-7,19-20H2,1-5H3. The van der Waals surface area contributed by atoms with E-state index in [1.54, 1.807) is 6.20 Å². The first-order chi connectivity index (χ1) is 17.8. The summed E-state index contributed by atoms with van der Waals surface area (Å²) in [4.78, 5) is 14.0. The zero-order chi connectivity index (χ0) is 26.2. The number of hydrogen-bond donors (Lipinski definition) is 1. The average Bonchev–Trinajstić information content (AvgIpc) is 3.53. The van der Waals surface area contributed by atoms with E-state index < -0.39 is 0 Å². The van der Waals surface area contributed by atoms with Crippen molar-refractivity contribution in [2.24, 2.45) is 0 Å². The van der Waals surface area contributed by atoms with Gasteiger partial charge in [-0.15, -0.1) is 0 Å². The van der Waals surface area contributed by atoms with E-state index in [-0.39, 0.29) is 22.8 Å². The van der Waals surface area contributed by atoms with Crippen molar-refractivity contribution in [3.63, 3.8) is 0 Å². The first-order valence-corrected chi connectivity index (χ1v) is 13.3. The highest BCUT2D eigenvalue weighted by Gasteiger charge is 2.39. The maximum Gasteiger partial charge on any atom is 0.169 e. The summed E-state index contributed by atoms with van der Waals surface area (Å²) in [7, 11) is 0. The van der Waals surface area contributed by atoms with Crippen LogP contribution in [0.1, 0.15) is 86.7 Å². The minimum Gasteiger partial charge on any atom is -0.363 e. The molecule has 5 rings (SSSR count). The first kappa shape index (κ1) is 25.0. The van der Waals surface area contributed by atoms with Crippen molar-refractivity contribution in [1.82, 2.24) is 19.6 Å². The molecular weight excluding hydrogens is 458 g/mol. The Bertz CT molecular complexity index is 1380. The van der Waals surface area contributed by atoms with Gasteiger partial charge in [-0.1, -0.05) is 62.4 Å². The Morgan fingerprint density at radius 3 is 2.35 bits per heavy atom. The van der Waals surface area contributed by atoms with Crippen LogP contribution < -0.4 is 5.32 Å². The number of aryl methyl sites for hydroxylation is 1. The second-order valence-corrected chi connectivity index (χ2v) is 10.9. The maximum atomic E-state index is 14.0. The molecule has 0 saturated heterocycles. The molecular formula is C31H37N5O. The molecule has 0 radical (unpaired) electrons. The largest absolute Gasteiger partial charge is 0.363 e. The fourth-order valence-electron chi connectivity index (χ4n) is 5.76. The highest BCUT2D eigenvalue weighted by atomic mass is 16.1.